The minimum atomic E-state index is -1.03. The van der Waals surface area contributed by atoms with Gasteiger partial charge in [0.25, 0.3) is 0 Å². The zero-order chi connectivity index (χ0) is 11.8. The fraction of sp³-hybridized carbons (Fsp3) is 0.455. The van der Waals surface area contributed by atoms with Crippen molar-refractivity contribution in [3.63, 3.8) is 0 Å². The van der Waals surface area contributed by atoms with Gasteiger partial charge in [-0.05, 0) is 24.3 Å². The van der Waals surface area contributed by atoms with Gasteiger partial charge >= 0.3 is 5.97 Å². The standard InChI is InChI=1S/C11H13ClN2O2/c1-11(2-3-11)6-14-9-4-7(10(15)16)8(12)5-13-9/h4-5H,2-3,6H2,1H3,(H,13,14)(H,15,16). The van der Waals surface area contributed by atoms with Crippen LogP contribution in [0.15, 0.2) is 12.3 Å². The molecule has 5 heteroatoms. The molecule has 0 aromatic carbocycles. The molecule has 2 rings (SSSR count). The number of carboxylic acid groups (broad SMARTS) is 1. The normalized spacial score (nSPS) is 16.9. The van der Waals surface area contributed by atoms with E-state index in [4.69, 9.17) is 16.7 Å². The Morgan fingerprint density at radius 1 is 1.69 bits per heavy atom. The lowest BCUT2D eigenvalue weighted by molar-refractivity contribution is 0.0697. The maximum Gasteiger partial charge on any atom is 0.337 e. The molecule has 1 aliphatic rings. The van der Waals surface area contributed by atoms with E-state index in [0.29, 0.717) is 11.2 Å². The molecule has 0 saturated heterocycles. The van der Waals surface area contributed by atoms with Gasteiger partial charge in [0.05, 0.1) is 10.6 Å². The number of anilines is 1. The first kappa shape index (κ1) is 11.2. The summed E-state index contributed by atoms with van der Waals surface area (Å²) in [5.41, 5.74) is 0.435. The molecule has 0 spiro atoms. The van der Waals surface area contributed by atoms with Crippen molar-refractivity contribution in [2.45, 2.75) is 19.8 Å². The Labute approximate surface area is 98.6 Å². The van der Waals surface area contributed by atoms with Gasteiger partial charge in [0.1, 0.15) is 5.82 Å². The first-order valence-electron chi connectivity index (χ1n) is 5.13. The second kappa shape index (κ2) is 3.94. The average Bonchev–Trinajstić information content (AvgIpc) is 2.96. The molecular formula is C11H13ClN2O2. The maximum atomic E-state index is 10.8. The molecule has 86 valence electrons. The lowest BCUT2D eigenvalue weighted by Gasteiger charge is -2.11. The SMILES string of the molecule is CC1(CNc2cc(C(=O)O)c(Cl)cn2)CC1. The van der Waals surface area contributed by atoms with Crippen molar-refractivity contribution in [2.75, 3.05) is 11.9 Å². The Hall–Kier alpha value is -1.29. The molecule has 1 aromatic heterocycles. The zero-order valence-corrected chi connectivity index (χ0v) is 9.71. The number of rotatable bonds is 4. The van der Waals surface area contributed by atoms with Gasteiger partial charge in [-0.3, -0.25) is 0 Å². The third kappa shape index (κ3) is 2.44. The third-order valence-corrected chi connectivity index (χ3v) is 3.19. The van der Waals surface area contributed by atoms with Crippen molar-refractivity contribution in [1.82, 2.24) is 4.98 Å². The third-order valence-electron chi connectivity index (χ3n) is 2.89. The summed E-state index contributed by atoms with van der Waals surface area (Å²) in [6.45, 7) is 3.01. The number of nitrogens with zero attached hydrogens (tertiary/aromatic N) is 1. The van der Waals surface area contributed by atoms with Crippen LogP contribution in [0.3, 0.4) is 0 Å². The quantitative estimate of drug-likeness (QED) is 0.849. The average molecular weight is 241 g/mol. The fourth-order valence-electron chi connectivity index (χ4n) is 1.39. The summed E-state index contributed by atoms with van der Waals surface area (Å²) in [6.07, 6.45) is 3.78. The monoisotopic (exact) mass is 240 g/mol. The van der Waals surface area contributed by atoms with E-state index in [-0.39, 0.29) is 10.6 Å². The molecule has 16 heavy (non-hydrogen) atoms. The Bertz CT molecular complexity index is 430. The second-order valence-corrected chi connectivity index (χ2v) is 4.93. The predicted octanol–water partition coefficient (Wildman–Crippen LogP) is 2.65. The first-order valence-corrected chi connectivity index (χ1v) is 5.51. The molecule has 2 N–H and O–H groups in total. The van der Waals surface area contributed by atoms with Gasteiger partial charge in [0.15, 0.2) is 0 Å². The highest BCUT2D eigenvalue weighted by Crippen LogP contribution is 2.44. The van der Waals surface area contributed by atoms with Crippen LogP contribution in [0.5, 0.6) is 0 Å². The Morgan fingerprint density at radius 3 is 2.94 bits per heavy atom. The number of hydrogen-bond donors (Lipinski definition) is 2. The molecule has 1 saturated carbocycles. The number of pyridine rings is 1. The van der Waals surface area contributed by atoms with E-state index >= 15 is 0 Å². The lowest BCUT2D eigenvalue weighted by Crippen LogP contribution is -2.13. The van der Waals surface area contributed by atoms with E-state index in [1.807, 2.05) is 0 Å². The van der Waals surface area contributed by atoms with Crippen LogP contribution in [0.25, 0.3) is 0 Å². The van der Waals surface area contributed by atoms with Gasteiger partial charge < -0.3 is 10.4 Å². The van der Waals surface area contributed by atoms with Gasteiger partial charge in [-0.2, -0.15) is 0 Å². The van der Waals surface area contributed by atoms with Gasteiger partial charge in [-0.1, -0.05) is 18.5 Å². The molecule has 0 aliphatic heterocycles. The summed E-state index contributed by atoms with van der Waals surface area (Å²) in [5.74, 6) is -0.469. The summed E-state index contributed by atoms with van der Waals surface area (Å²) in [5, 5.41) is 12.2. The van der Waals surface area contributed by atoms with Crippen LogP contribution in [0, 0.1) is 5.41 Å². The molecule has 4 nitrogen and oxygen atoms in total. The van der Waals surface area contributed by atoms with Crippen LogP contribution >= 0.6 is 11.6 Å². The number of hydrogen-bond acceptors (Lipinski definition) is 3. The fourth-order valence-corrected chi connectivity index (χ4v) is 1.58. The van der Waals surface area contributed by atoms with Gasteiger partial charge in [0.2, 0.25) is 0 Å². The van der Waals surface area contributed by atoms with E-state index in [2.05, 4.69) is 17.2 Å². The van der Waals surface area contributed by atoms with Crippen LogP contribution in [0.4, 0.5) is 5.82 Å². The molecule has 1 fully saturated rings. The second-order valence-electron chi connectivity index (χ2n) is 4.52. The van der Waals surface area contributed by atoms with Gasteiger partial charge in [-0.15, -0.1) is 0 Å². The first-order chi connectivity index (χ1) is 7.50. The van der Waals surface area contributed by atoms with Gasteiger partial charge in [-0.25, -0.2) is 9.78 Å². The van der Waals surface area contributed by atoms with Crippen LogP contribution in [0.2, 0.25) is 5.02 Å². The largest absolute Gasteiger partial charge is 0.478 e. The van der Waals surface area contributed by atoms with Crippen molar-refractivity contribution in [1.29, 1.82) is 0 Å². The van der Waals surface area contributed by atoms with Crippen LogP contribution in [-0.4, -0.2) is 22.6 Å². The van der Waals surface area contributed by atoms with E-state index < -0.39 is 5.97 Å². The summed E-state index contributed by atoms with van der Waals surface area (Å²) in [7, 11) is 0. The van der Waals surface area contributed by atoms with E-state index in [9.17, 15) is 4.79 Å². The Kier molecular flexibility index (Phi) is 2.76. The van der Waals surface area contributed by atoms with E-state index in [1.54, 1.807) is 0 Å². The highest BCUT2D eigenvalue weighted by molar-refractivity contribution is 6.33. The number of carboxylic acids is 1. The summed E-state index contributed by atoms with van der Waals surface area (Å²) < 4.78 is 0. The number of nitrogens with one attached hydrogen (secondary N) is 1. The smallest absolute Gasteiger partial charge is 0.337 e. The summed E-state index contributed by atoms with van der Waals surface area (Å²) in [4.78, 5) is 14.9. The van der Waals surface area contributed by atoms with E-state index in [1.165, 1.54) is 25.1 Å². The van der Waals surface area contributed by atoms with Crippen LogP contribution < -0.4 is 5.32 Å². The highest BCUT2D eigenvalue weighted by atomic mass is 35.5. The molecule has 0 bridgehead atoms. The van der Waals surface area contributed by atoms with E-state index in [0.717, 1.165) is 6.54 Å². The minimum Gasteiger partial charge on any atom is -0.478 e. The number of aromatic carboxylic acids is 1. The Balaban J connectivity index is 2.09. The highest BCUT2D eigenvalue weighted by Gasteiger charge is 2.36. The molecule has 1 aromatic rings. The minimum absolute atomic E-state index is 0.0834. The van der Waals surface area contributed by atoms with Crippen molar-refractivity contribution >= 4 is 23.4 Å². The maximum absolute atomic E-state index is 10.8. The topological polar surface area (TPSA) is 62.2 Å². The molecule has 0 amide bonds. The van der Waals surface area contributed by atoms with Crippen LogP contribution in [-0.2, 0) is 0 Å². The Morgan fingerprint density at radius 2 is 2.38 bits per heavy atom. The van der Waals surface area contributed by atoms with Crippen molar-refractivity contribution in [3.05, 3.63) is 22.8 Å². The molecule has 0 radical (unpaired) electrons. The lowest BCUT2D eigenvalue weighted by atomic mass is 10.1. The molecule has 0 unspecified atom stereocenters. The van der Waals surface area contributed by atoms with Crippen molar-refractivity contribution in [3.8, 4) is 0 Å². The molecule has 1 heterocycles. The molecule has 0 atom stereocenters. The predicted molar refractivity (Wildman–Crippen MR) is 62.0 cm³/mol. The number of carbonyl (C=O) groups is 1. The zero-order valence-electron chi connectivity index (χ0n) is 8.96. The van der Waals surface area contributed by atoms with Crippen molar-refractivity contribution in [2.24, 2.45) is 5.41 Å². The molecule has 1 aliphatic carbocycles. The molecular weight excluding hydrogens is 228 g/mol. The van der Waals surface area contributed by atoms with Crippen LogP contribution in [0.1, 0.15) is 30.1 Å². The van der Waals surface area contributed by atoms with Crippen molar-refractivity contribution < 1.29 is 9.90 Å². The summed E-state index contributed by atoms with van der Waals surface area (Å²) >= 11 is 5.72. The summed E-state index contributed by atoms with van der Waals surface area (Å²) in [6, 6.07) is 1.47. The van der Waals surface area contributed by atoms with Gasteiger partial charge in [0, 0.05) is 12.7 Å². The number of halogens is 1. The number of aromatic nitrogens is 1.